The number of nitrogens with zero attached hydrogens (tertiary/aromatic N) is 2. The van der Waals surface area contributed by atoms with Gasteiger partial charge in [0.2, 0.25) is 5.82 Å². The molecule has 0 atom stereocenters. The van der Waals surface area contributed by atoms with Gasteiger partial charge in [-0.25, -0.2) is 22.0 Å². The number of carbonyl (C=O) groups excluding carboxylic acids is 1. The maximum atomic E-state index is 14.1. The first-order chi connectivity index (χ1) is 15.6. The van der Waals surface area contributed by atoms with Gasteiger partial charge in [0.25, 0.3) is 0 Å². The first-order valence-corrected chi connectivity index (χ1v) is 10.3. The van der Waals surface area contributed by atoms with E-state index in [2.05, 4.69) is 10.2 Å². The van der Waals surface area contributed by atoms with Crippen LogP contribution in [0.4, 0.5) is 27.6 Å². The summed E-state index contributed by atoms with van der Waals surface area (Å²) in [7, 11) is 0. The third-order valence-electron chi connectivity index (χ3n) is 5.17. The zero-order valence-electron chi connectivity index (χ0n) is 19.5. The van der Waals surface area contributed by atoms with Crippen molar-refractivity contribution in [3.63, 3.8) is 0 Å². The second kappa shape index (κ2) is 8.77. The van der Waals surface area contributed by atoms with Gasteiger partial charge >= 0.3 is 0 Å². The lowest BCUT2D eigenvalue weighted by Gasteiger charge is -2.31. The van der Waals surface area contributed by atoms with Gasteiger partial charge in [-0.1, -0.05) is 41.5 Å². The number of hydrogen-bond donors (Lipinski definition) is 0. The molecule has 0 unspecified atom stereocenters. The van der Waals surface area contributed by atoms with Crippen LogP contribution in [0.25, 0.3) is 5.70 Å². The number of allylic oxidation sites excluding steroid dienone is 5. The van der Waals surface area contributed by atoms with Crippen LogP contribution in [-0.2, 0) is 4.79 Å². The largest absolute Gasteiger partial charge is 0.463 e. The number of halogens is 5. The van der Waals surface area contributed by atoms with Crippen molar-refractivity contribution in [3.05, 3.63) is 82.1 Å². The molecule has 2 aromatic rings. The summed E-state index contributed by atoms with van der Waals surface area (Å²) >= 11 is 0. The normalized spacial score (nSPS) is 15.1. The van der Waals surface area contributed by atoms with Crippen LogP contribution in [0.1, 0.15) is 47.3 Å². The lowest BCUT2D eigenvalue weighted by Crippen LogP contribution is -2.28. The summed E-state index contributed by atoms with van der Waals surface area (Å²) in [5, 5.41) is 7.19. The lowest BCUT2D eigenvalue weighted by molar-refractivity contribution is -0.114. The smallest absolute Gasteiger partial charge is 0.200 e. The number of furan rings is 1. The van der Waals surface area contributed by atoms with Gasteiger partial charge in [0.1, 0.15) is 5.70 Å². The SMILES string of the molecule is CC(C)(C)C1=CC(=C(N=Nc2c(F)c(F)c(F)c(F)c2F)c2ccco2)C=C(C(C)(C)C)C1=O. The van der Waals surface area contributed by atoms with Crippen LogP contribution in [0.5, 0.6) is 0 Å². The number of carbonyl (C=O) groups is 1. The van der Waals surface area contributed by atoms with Crippen molar-refractivity contribution < 1.29 is 31.2 Å². The molecular formula is C25H23F5N2O2. The Morgan fingerprint density at radius 3 is 1.68 bits per heavy atom. The van der Waals surface area contributed by atoms with Gasteiger partial charge < -0.3 is 4.42 Å². The van der Waals surface area contributed by atoms with Crippen LogP contribution in [0.2, 0.25) is 0 Å². The van der Waals surface area contributed by atoms with Gasteiger partial charge in [-0.3, -0.25) is 4.79 Å². The molecule has 0 N–H and O–H groups in total. The fraction of sp³-hybridized carbons (Fsp3) is 0.320. The molecule has 1 aromatic carbocycles. The van der Waals surface area contributed by atoms with E-state index in [0.717, 1.165) is 0 Å². The van der Waals surface area contributed by atoms with Crippen molar-refractivity contribution in [1.82, 2.24) is 0 Å². The summed E-state index contributed by atoms with van der Waals surface area (Å²) in [5.41, 5.74) is -1.40. The monoisotopic (exact) mass is 478 g/mol. The van der Waals surface area contributed by atoms with Gasteiger partial charge in [0.05, 0.1) is 6.26 Å². The van der Waals surface area contributed by atoms with Gasteiger partial charge in [0.15, 0.2) is 40.5 Å². The second-order valence-electron chi connectivity index (χ2n) is 9.84. The molecule has 9 heteroatoms. The van der Waals surface area contributed by atoms with Gasteiger partial charge in [-0.2, -0.15) is 0 Å². The Morgan fingerprint density at radius 2 is 1.26 bits per heavy atom. The number of benzene rings is 1. The van der Waals surface area contributed by atoms with E-state index < -0.39 is 45.6 Å². The van der Waals surface area contributed by atoms with E-state index in [1.807, 2.05) is 41.5 Å². The molecule has 1 heterocycles. The molecule has 1 aliphatic rings. The summed E-state index contributed by atoms with van der Waals surface area (Å²) in [6.45, 7) is 11.1. The van der Waals surface area contributed by atoms with Crippen molar-refractivity contribution in [2.45, 2.75) is 41.5 Å². The van der Waals surface area contributed by atoms with Crippen LogP contribution in [0.3, 0.4) is 0 Å². The molecule has 3 rings (SSSR count). The number of azo groups is 1. The topological polar surface area (TPSA) is 54.9 Å². The maximum absolute atomic E-state index is 14.1. The van der Waals surface area contributed by atoms with Crippen molar-refractivity contribution in [3.8, 4) is 0 Å². The Labute approximate surface area is 193 Å². The van der Waals surface area contributed by atoms with Crippen LogP contribution >= 0.6 is 0 Å². The van der Waals surface area contributed by atoms with Gasteiger partial charge in [0, 0.05) is 16.7 Å². The van der Waals surface area contributed by atoms with Crippen molar-refractivity contribution in [1.29, 1.82) is 0 Å². The molecule has 0 bridgehead atoms. The second-order valence-corrected chi connectivity index (χ2v) is 9.84. The van der Waals surface area contributed by atoms with E-state index in [0.29, 0.717) is 16.7 Å². The van der Waals surface area contributed by atoms with E-state index >= 15 is 0 Å². The van der Waals surface area contributed by atoms with Crippen molar-refractivity contribution >= 4 is 17.2 Å². The van der Waals surface area contributed by atoms with Gasteiger partial charge in [-0.05, 0) is 35.1 Å². The maximum Gasteiger partial charge on any atom is 0.200 e. The Bertz CT molecular complexity index is 1210. The molecule has 4 nitrogen and oxygen atoms in total. The minimum absolute atomic E-state index is 0.0510. The van der Waals surface area contributed by atoms with Gasteiger partial charge in [-0.15, -0.1) is 10.2 Å². The summed E-state index contributed by atoms with van der Waals surface area (Å²) in [6, 6.07) is 3.02. The Balaban J connectivity index is 2.32. The summed E-state index contributed by atoms with van der Waals surface area (Å²) in [4.78, 5) is 13.2. The average Bonchev–Trinajstić information content (AvgIpc) is 3.26. The standard InChI is InChI=1S/C25H23F5N2O2/c1-24(2,3)13-10-12(11-14(23(13)33)25(4,5)6)21(15-8-7-9-34-15)31-32-22-19(29)17(27)16(26)18(28)20(22)30/h7-11H,1-6H3. The first kappa shape index (κ1) is 25.3. The molecule has 1 aliphatic carbocycles. The zero-order valence-corrected chi connectivity index (χ0v) is 19.5. The Hall–Kier alpha value is -3.36. The molecule has 180 valence electrons. The molecule has 34 heavy (non-hydrogen) atoms. The number of rotatable bonds is 3. The number of ketones is 1. The highest BCUT2D eigenvalue weighted by atomic mass is 19.2. The Morgan fingerprint density at radius 1 is 0.794 bits per heavy atom. The van der Waals surface area contributed by atoms with Crippen LogP contribution in [0, 0.1) is 39.9 Å². The fourth-order valence-corrected chi connectivity index (χ4v) is 3.32. The quantitative estimate of drug-likeness (QED) is 0.194. The average molecular weight is 478 g/mol. The highest BCUT2D eigenvalue weighted by molar-refractivity contribution is 6.12. The molecule has 0 saturated heterocycles. The van der Waals surface area contributed by atoms with E-state index in [-0.39, 0.29) is 17.2 Å². The van der Waals surface area contributed by atoms with E-state index in [1.54, 1.807) is 12.2 Å². The molecule has 0 aliphatic heterocycles. The minimum atomic E-state index is -2.29. The van der Waals surface area contributed by atoms with Crippen molar-refractivity contribution in [2.75, 3.05) is 0 Å². The highest BCUT2D eigenvalue weighted by Gasteiger charge is 2.35. The lowest BCUT2D eigenvalue weighted by atomic mass is 9.71. The molecule has 0 saturated carbocycles. The third kappa shape index (κ3) is 4.64. The van der Waals surface area contributed by atoms with E-state index in [4.69, 9.17) is 4.42 Å². The predicted molar refractivity (Wildman–Crippen MR) is 116 cm³/mol. The first-order valence-electron chi connectivity index (χ1n) is 10.3. The summed E-state index contributed by atoms with van der Waals surface area (Å²) in [6.07, 6.45) is 4.44. The fourth-order valence-electron chi connectivity index (χ4n) is 3.32. The Kier molecular flexibility index (Phi) is 6.52. The predicted octanol–water partition coefficient (Wildman–Crippen LogP) is 8.00. The zero-order chi connectivity index (χ0) is 25.6. The summed E-state index contributed by atoms with van der Waals surface area (Å²) < 4.78 is 74.3. The molecule has 0 fully saturated rings. The summed E-state index contributed by atoms with van der Waals surface area (Å²) in [5.74, 6) is -10.8. The van der Waals surface area contributed by atoms with E-state index in [9.17, 15) is 26.7 Å². The van der Waals surface area contributed by atoms with Crippen LogP contribution in [-0.4, -0.2) is 5.78 Å². The molecular weight excluding hydrogens is 455 g/mol. The van der Waals surface area contributed by atoms with E-state index in [1.165, 1.54) is 18.4 Å². The van der Waals surface area contributed by atoms with Crippen LogP contribution < -0.4 is 0 Å². The molecule has 0 radical (unpaired) electrons. The molecule has 1 aromatic heterocycles. The number of hydrogen-bond acceptors (Lipinski definition) is 4. The molecule has 0 spiro atoms. The third-order valence-corrected chi connectivity index (χ3v) is 5.17. The van der Waals surface area contributed by atoms with Crippen molar-refractivity contribution in [2.24, 2.45) is 21.1 Å². The molecule has 0 amide bonds. The number of Topliss-reactive ketones (excluding diaryl/α,β-unsaturated/α-hetero) is 1. The van der Waals surface area contributed by atoms with Crippen LogP contribution in [0.15, 0.2) is 61.9 Å². The minimum Gasteiger partial charge on any atom is -0.463 e. The highest BCUT2D eigenvalue weighted by Crippen LogP contribution is 2.41.